The maximum Gasteiger partial charge on any atom is 0.411 e. The maximum absolute atomic E-state index is 12.0. The van der Waals surface area contributed by atoms with Gasteiger partial charge in [-0.2, -0.15) is 0 Å². The van der Waals surface area contributed by atoms with Gasteiger partial charge in [-0.3, -0.25) is 25.5 Å². The topological polar surface area (TPSA) is 148 Å². The molecule has 0 unspecified atom stereocenters. The van der Waals surface area contributed by atoms with Gasteiger partial charge in [0, 0.05) is 45.7 Å². The molecule has 2 aromatic heterocycles. The molecule has 3 amide bonds. The zero-order valence-electron chi connectivity index (χ0n) is 21.1. The molecular formula is C26H28N6O4S2. The number of nitrogens with two attached hydrogens (primary N) is 1. The van der Waals surface area contributed by atoms with E-state index in [1.165, 1.54) is 22.7 Å². The fourth-order valence-electron chi connectivity index (χ4n) is 2.68. The van der Waals surface area contributed by atoms with Crippen molar-refractivity contribution in [1.29, 1.82) is 0 Å². The van der Waals surface area contributed by atoms with Crippen LogP contribution in [0.5, 0.6) is 0 Å². The average Bonchev–Trinajstić information content (AvgIpc) is 3.58. The van der Waals surface area contributed by atoms with Gasteiger partial charge in [-0.25, -0.2) is 14.8 Å². The molecule has 0 aliphatic carbocycles. The summed E-state index contributed by atoms with van der Waals surface area (Å²) in [4.78, 5) is 43.3. The van der Waals surface area contributed by atoms with Crippen molar-refractivity contribution >= 4 is 62.2 Å². The van der Waals surface area contributed by atoms with Gasteiger partial charge in [0.25, 0.3) is 11.8 Å². The first-order valence-corrected chi connectivity index (χ1v) is 13.2. The highest BCUT2D eigenvalue weighted by Crippen LogP contribution is 2.16. The van der Waals surface area contributed by atoms with E-state index in [9.17, 15) is 14.4 Å². The number of aromatic nitrogens is 2. The van der Waals surface area contributed by atoms with E-state index < -0.39 is 6.09 Å². The molecule has 0 aliphatic heterocycles. The quantitative estimate of drug-likeness (QED) is 0.215. The number of nitrogens with one attached hydrogen (secondary N) is 3. The molecule has 0 bridgehead atoms. The Hall–Kier alpha value is -4.29. The fraction of sp³-hybridized carbons (Fsp3) is 0.192. The van der Waals surface area contributed by atoms with Gasteiger partial charge >= 0.3 is 6.09 Å². The van der Waals surface area contributed by atoms with Gasteiger partial charge in [0.05, 0.1) is 6.61 Å². The van der Waals surface area contributed by atoms with Crippen LogP contribution in [0.25, 0.3) is 0 Å². The second kappa shape index (κ2) is 13.3. The van der Waals surface area contributed by atoms with Crippen LogP contribution in [0.4, 0.5) is 26.4 Å². The second-order valence-electron chi connectivity index (χ2n) is 9.04. The van der Waals surface area contributed by atoms with E-state index in [2.05, 4.69) is 25.9 Å². The third kappa shape index (κ3) is 9.64. The van der Waals surface area contributed by atoms with Gasteiger partial charge in [0.15, 0.2) is 10.3 Å². The minimum atomic E-state index is -0.514. The lowest BCUT2D eigenvalue weighted by molar-refractivity contribution is 0.101. The number of hydrogen-bond donors (Lipinski definition) is 4. The zero-order valence-corrected chi connectivity index (χ0v) is 22.7. The molecular weight excluding hydrogens is 524 g/mol. The molecule has 0 fully saturated rings. The normalized spacial score (nSPS) is 10.5. The lowest BCUT2D eigenvalue weighted by atomic mass is 9.99. The number of benzene rings is 2. The van der Waals surface area contributed by atoms with E-state index in [4.69, 9.17) is 10.5 Å². The Morgan fingerprint density at radius 1 is 0.789 bits per heavy atom. The summed E-state index contributed by atoms with van der Waals surface area (Å²) < 4.78 is 5.12. The van der Waals surface area contributed by atoms with Gasteiger partial charge < -0.3 is 10.5 Å². The molecule has 0 spiro atoms. The molecule has 0 saturated heterocycles. The predicted octanol–water partition coefficient (Wildman–Crippen LogP) is 5.97. The molecule has 198 valence electrons. The van der Waals surface area contributed by atoms with Crippen molar-refractivity contribution < 1.29 is 19.1 Å². The van der Waals surface area contributed by atoms with Gasteiger partial charge in [-0.05, 0) is 53.9 Å². The number of carbonyl (C=O) groups is 3. The molecule has 38 heavy (non-hydrogen) atoms. The van der Waals surface area contributed by atoms with Crippen molar-refractivity contribution in [3.05, 3.63) is 82.8 Å². The van der Waals surface area contributed by atoms with Crippen molar-refractivity contribution in [3.8, 4) is 0 Å². The Kier molecular flexibility index (Phi) is 9.91. The smallest absolute Gasteiger partial charge is 0.411 e. The third-order valence-corrected chi connectivity index (χ3v) is 5.89. The molecule has 2 aromatic carbocycles. The monoisotopic (exact) mass is 552 g/mol. The summed E-state index contributed by atoms with van der Waals surface area (Å²) in [6.07, 6.45) is 2.75. The van der Waals surface area contributed by atoms with Crippen LogP contribution in [0.3, 0.4) is 0 Å². The molecule has 5 N–H and O–H groups in total. The van der Waals surface area contributed by atoms with E-state index in [1.54, 1.807) is 71.7 Å². The molecule has 12 heteroatoms. The number of nitrogen functional groups attached to an aromatic ring is 1. The third-order valence-electron chi connectivity index (χ3n) is 4.51. The number of hydrogen-bond acceptors (Lipinski definition) is 9. The van der Waals surface area contributed by atoms with Crippen LogP contribution in [0.2, 0.25) is 0 Å². The van der Waals surface area contributed by atoms with E-state index in [1.807, 2.05) is 20.8 Å². The van der Waals surface area contributed by atoms with Gasteiger partial charge in [0.2, 0.25) is 0 Å². The predicted molar refractivity (Wildman–Crippen MR) is 152 cm³/mol. The zero-order chi connectivity index (χ0) is 27.5. The lowest BCUT2D eigenvalue weighted by Crippen LogP contribution is -2.21. The summed E-state index contributed by atoms with van der Waals surface area (Å²) in [5, 5.41) is 12.7. The molecule has 0 radical (unpaired) electrons. The Bertz CT molecular complexity index is 1320. The maximum atomic E-state index is 12.0. The van der Waals surface area contributed by atoms with Crippen molar-refractivity contribution in [1.82, 2.24) is 9.97 Å². The van der Waals surface area contributed by atoms with Crippen LogP contribution in [0.15, 0.2) is 71.7 Å². The van der Waals surface area contributed by atoms with Crippen molar-refractivity contribution in [2.75, 3.05) is 28.3 Å². The summed E-state index contributed by atoms with van der Waals surface area (Å²) >= 11 is 2.73. The molecule has 0 atom stereocenters. The minimum absolute atomic E-state index is 0.0882. The Labute approximate surface area is 228 Å². The van der Waals surface area contributed by atoms with E-state index >= 15 is 0 Å². The summed E-state index contributed by atoms with van der Waals surface area (Å²) in [5.74, 6) is -0.424. The highest BCUT2D eigenvalue weighted by atomic mass is 32.1. The number of carbonyl (C=O) groups excluding carboxylic acids is 3. The van der Waals surface area contributed by atoms with Crippen molar-refractivity contribution in [2.24, 2.45) is 5.41 Å². The van der Waals surface area contributed by atoms with Crippen LogP contribution < -0.4 is 21.7 Å². The largest absolute Gasteiger partial charge is 0.449 e. The number of ether oxygens (including phenoxy) is 1. The minimum Gasteiger partial charge on any atom is -0.449 e. The van der Waals surface area contributed by atoms with Crippen LogP contribution in [-0.2, 0) is 4.74 Å². The number of amides is 3. The van der Waals surface area contributed by atoms with E-state index in [0.29, 0.717) is 39.4 Å². The van der Waals surface area contributed by atoms with Crippen LogP contribution in [-0.4, -0.2) is 34.5 Å². The standard InChI is InChI=1S/C16H19N3O3S.C10H9N3OS/c1-16(2,3)10-22-15(21)18-12-6-4-11(5-7-12)13(20)19-14-17-8-9-23-14;11-8-3-1-7(2-4-8)9(14)13-10-12-5-6-15-10/h4-9H,10H2,1-3H3,(H,18,21)(H,17,19,20);1-6H,11H2,(H,12,13,14). The summed E-state index contributed by atoms with van der Waals surface area (Å²) in [6.45, 7) is 6.27. The van der Waals surface area contributed by atoms with Crippen molar-refractivity contribution in [2.45, 2.75) is 20.8 Å². The number of nitrogens with zero attached hydrogens (tertiary/aromatic N) is 2. The van der Waals surface area contributed by atoms with E-state index in [0.717, 1.165) is 0 Å². The molecule has 2 heterocycles. The SMILES string of the molecule is CC(C)(C)COC(=O)Nc1ccc(C(=O)Nc2nccs2)cc1.Nc1ccc(C(=O)Nc2nccs2)cc1. The first-order valence-electron chi connectivity index (χ1n) is 11.4. The van der Waals surface area contributed by atoms with Crippen molar-refractivity contribution in [3.63, 3.8) is 0 Å². The van der Waals surface area contributed by atoms with Gasteiger partial charge in [-0.15, -0.1) is 22.7 Å². The van der Waals surface area contributed by atoms with E-state index in [-0.39, 0.29) is 17.2 Å². The fourth-order valence-corrected chi connectivity index (χ4v) is 3.73. The van der Waals surface area contributed by atoms with Crippen LogP contribution in [0.1, 0.15) is 41.5 Å². The Balaban J connectivity index is 0.000000230. The summed E-state index contributed by atoms with van der Waals surface area (Å²) in [6, 6.07) is 13.3. The highest BCUT2D eigenvalue weighted by molar-refractivity contribution is 7.14. The lowest BCUT2D eigenvalue weighted by Gasteiger charge is -2.18. The number of anilines is 4. The second-order valence-corrected chi connectivity index (χ2v) is 10.8. The molecule has 10 nitrogen and oxygen atoms in total. The summed E-state index contributed by atoms with van der Waals surface area (Å²) in [7, 11) is 0. The molecule has 0 saturated carbocycles. The van der Waals surface area contributed by atoms with Crippen LogP contribution in [0, 0.1) is 5.41 Å². The molecule has 4 rings (SSSR count). The first-order chi connectivity index (χ1) is 18.1. The van der Waals surface area contributed by atoms with Gasteiger partial charge in [-0.1, -0.05) is 20.8 Å². The number of thiazole rings is 2. The first kappa shape index (κ1) is 28.3. The van der Waals surface area contributed by atoms with Gasteiger partial charge in [0.1, 0.15) is 0 Å². The molecule has 4 aromatic rings. The average molecular weight is 553 g/mol. The Morgan fingerprint density at radius 3 is 1.68 bits per heavy atom. The summed E-state index contributed by atoms with van der Waals surface area (Å²) in [5.41, 5.74) is 7.69. The highest BCUT2D eigenvalue weighted by Gasteiger charge is 2.14. The Morgan fingerprint density at radius 2 is 1.26 bits per heavy atom. The van der Waals surface area contributed by atoms with Crippen LogP contribution >= 0.6 is 22.7 Å². The molecule has 0 aliphatic rings. The number of rotatable bonds is 6.